The first-order valence-corrected chi connectivity index (χ1v) is 5.79. The first-order valence-electron chi connectivity index (χ1n) is 5.79. The second kappa shape index (κ2) is 5.83. The summed E-state index contributed by atoms with van der Waals surface area (Å²) in [6.45, 7) is 2.20. The van der Waals surface area contributed by atoms with Crippen molar-refractivity contribution in [3.05, 3.63) is 47.9 Å². The first-order chi connectivity index (χ1) is 9.24. The standard InChI is InChI=1S/C14H12FN3O/c1-2-19-13-6-5-11(8-12(13)15)18-14-10(9-16)4-3-7-17-14/h3-8H,2H2,1H3,(H,17,18). The molecule has 0 radical (unpaired) electrons. The van der Waals surface area contributed by atoms with E-state index in [-0.39, 0.29) is 5.75 Å². The fourth-order valence-electron chi connectivity index (χ4n) is 1.58. The van der Waals surface area contributed by atoms with Gasteiger partial charge in [0, 0.05) is 18.0 Å². The van der Waals surface area contributed by atoms with Crippen molar-refractivity contribution in [2.24, 2.45) is 0 Å². The molecule has 2 aromatic rings. The Morgan fingerprint density at radius 2 is 2.26 bits per heavy atom. The van der Waals surface area contributed by atoms with E-state index in [0.29, 0.717) is 23.7 Å². The van der Waals surface area contributed by atoms with Crippen LogP contribution in [-0.2, 0) is 0 Å². The van der Waals surface area contributed by atoms with Crippen molar-refractivity contribution in [3.8, 4) is 11.8 Å². The van der Waals surface area contributed by atoms with Gasteiger partial charge in [0.15, 0.2) is 11.6 Å². The summed E-state index contributed by atoms with van der Waals surface area (Å²) in [6.07, 6.45) is 1.56. The molecule has 4 nitrogen and oxygen atoms in total. The van der Waals surface area contributed by atoms with Crippen molar-refractivity contribution in [2.45, 2.75) is 6.92 Å². The summed E-state index contributed by atoms with van der Waals surface area (Å²) in [5, 5.41) is 11.8. The van der Waals surface area contributed by atoms with Gasteiger partial charge < -0.3 is 10.1 Å². The second-order valence-electron chi connectivity index (χ2n) is 3.71. The van der Waals surface area contributed by atoms with E-state index in [2.05, 4.69) is 10.3 Å². The lowest BCUT2D eigenvalue weighted by Gasteiger charge is -2.09. The maximum absolute atomic E-state index is 13.7. The number of rotatable bonds is 4. The van der Waals surface area contributed by atoms with E-state index < -0.39 is 5.82 Å². The Kier molecular flexibility index (Phi) is 3.94. The fourth-order valence-corrected chi connectivity index (χ4v) is 1.58. The maximum atomic E-state index is 13.7. The monoisotopic (exact) mass is 257 g/mol. The third-order valence-corrected chi connectivity index (χ3v) is 2.42. The number of pyridine rings is 1. The maximum Gasteiger partial charge on any atom is 0.167 e. The summed E-state index contributed by atoms with van der Waals surface area (Å²) >= 11 is 0. The van der Waals surface area contributed by atoms with E-state index >= 15 is 0 Å². The van der Waals surface area contributed by atoms with Crippen LogP contribution in [0.2, 0.25) is 0 Å². The Bertz CT molecular complexity index is 622. The van der Waals surface area contributed by atoms with Gasteiger partial charge in [0.1, 0.15) is 11.9 Å². The van der Waals surface area contributed by atoms with Gasteiger partial charge in [-0.2, -0.15) is 5.26 Å². The van der Waals surface area contributed by atoms with E-state index in [9.17, 15) is 4.39 Å². The zero-order valence-corrected chi connectivity index (χ0v) is 10.4. The van der Waals surface area contributed by atoms with Crippen molar-refractivity contribution in [1.29, 1.82) is 5.26 Å². The van der Waals surface area contributed by atoms with E-state index in [1.54, 1.807) is 31.3 Å². The van der Waals surface area contributed by atoms with Crippen LogP contribution in [0.25, 0.3) is 0 Å². The molecule has 0 aliphatic heterocycles. The Balaban J connectivity index is 2.24. The molecule has 19 heavy (non-hydrogen) atoms. The van der Waals surface area contributed by atoms with Crippen LogP contribution < -0.4 is 10.1 Å². The number of aromatic nitrogens is 1. The van der Waals surface area contributed by atoms with Crippen LogP contribution in [0, 0.1) is 17.1 Å². The lowest BCUT2D eigenvalue weighted by atomic mass is 10.2. The summed E-state index contributed by atoms with van der Waals surface area (Å²) < 4.78 is 18.8. The van der Waals surface area contributed by atoms with Gasteiger partial charge in [0.25, 0.3) is 0 Å². The summed E-state index contributed by atoms with van der Waals surface area (Å²) in [5.41, 5.74) is 0.910. The zero-order valence-electron chi connectivity index (χ0n) is 10.4. The normalized spacial score (nSPS) is 9.74. The lowest BCUT2D eigenvalue weighted by Crippen LogP contribution is -1.99. The number of halogens is 1. The molecule has 0 saturated carbocycles. The topological polar surface area (TPSA) is 57.9 Å². The minimum Gasteiger partial charge on any atom is -0.491 e. The second-order valence-corrected chi connectivity index (χ2v) is 3.71. The molecule has 0 bridgehead atoms. The van der Waals surface area contributed by atoms with Crippen molar-refractivity contribution < 1.29 is 9.13 Å². The van der Waals surface area contributed by atoms with Gasteiger partial charge >= 0.3 is 0 Å². The van der Waals surface area contributed by atoms with Crippen LogP contribution >= 0.6 is 0 Å². The van der Waals surface area contributed by atoms with Crippen LogP contribution in [0.1, 0.15) is 12.5 Å². The van der Waals surface area contributed by atoms with Gasteiger partial charge in [-0.15, -0.1) is 0 Å². The van der Waals surface area contributed by atoms with Gasteiger partial charge in [0.05, 0.1) is 12.2 Å². The van der Waals surface area contributed by atoms with Gasteiger partial charge in [-0.1, -0.05) is 0 Å². The number of ether oxygens (including phenoxy) is 1. The first kappa shape index (κ1) is 12.8. The molecule has 1 heterocycles. The zero-order chi connectivity index (χ0) is 13.7. The smallest absolute Gasteiger partial charge is 0.167 e. The Hall–Kier alpha value is -2.61. The Morgan fingerprint density at radius 3 is 2.95 bits per heavy atom. The molecule has 96 valence electrons. The highest BCUT2D eigenvalue weighted by Gasteiger charge is 2.07. The Labute approximate surface area is 110 Å². The molecular weight excluding hydrogens is 245 g/mol. The number of anilines is 2. The van der Waals surface area contributed by atoms with Crippen molar-refractivity contribution in [1.82, 2.24) is 4.98 Å². The number of nitriles is 1. The van der Waals surface area contributed by atoms with E-state index in [1.807, 2.05) is 6.07 Å². The Morgan fingerprint density at radius 1 is 1.42 bits per heavy atom. The minimum absolute atomic E-state index is 0.203. The number of hydrogen-bond donors (Lipinski definition) is 1. The average Bonchev–Trinajstić information content (AvgIpc) is 2.43. The molecule has 0 aliphatic rings. The molecule has 1 N–H and O–H groups in total. The average molecular weight is 257 g/mol. The molecule has 0 unspecified atom stereocenters. The van der Waals surface area contributed by atoms with Crippen LogP contribution in [0.3, 0.4) is 0 Å². The highest BCUT2D eigenvalue weighted by Crippen LogP contribution is 2.24. The summed E-state index contributed by atoms with van der Waals surface area (Å²) in [5.74, 6) is 0.143. The number of nitrogens with one attached hydrogen (secondary N) is 1. The number of nitrogens with zero attached hydrogens (tertiary/aromatic N) is 2. The SMILES string of the molecule is CCOc1ccc(Nc2ncccc2C#N)cc1F. The molecule has 5 heteroatoms. The molecule has 0 aliphatic carbocycles. The van der Waals surface area contributed by atoms with E-state index in [4.69, 9.17) is 10.00 Å². The molecule has 0 amide bonds. The summed E-state index contributed by atoms with van der Waals surface area (Å²) in [4.78, 5) is 4.05. The van der Waals surface area contributed by atoms with E-state index in [1.165, 1.54) is 12.1 Å². The molecule has 0 fully saturated rings. The van der Waals surface area contributed by atoms with Crippen molar-refractivity contribution >= 4 is 11.5 Å². The lowest BCUT2D eigenvalue weighted by molar-refractivity contribution is 0.321. The number of hydrogen-bond acceptors (Lipinski definition) is 4. The molecule has 1 aromatic heterocycles. The molecular formula is C14H12FN3O. The summed E-state index contributed by atoms with van der Waals surface area (Å²) in [6, 6.07) is 9.84. The minimum atomic E-state index is -0.457. The van der Waals surface area contributed by atoms with E-state index in [0.717, 1.165) is 0 Å². The third kappa shape index (κ3) is 2.99. The van der Waals surface area contributed by atoms with Crippen molar-refractivity contribution in [3.63, 3.8) is 0 Å². The highest BCUT2D eigenvalue weighted by atomic mass is 19.1. The summed E-state index contributed by atoms with van der Waals surface area (Å²) in [7, 11) is 0. The van der Waals surface area contributed by atoms with Gasteiger partial charge in [-0.25, -0.2) is 9.37 Å². The van der Waals surface area contributed by atoms with Crippen LogP contribution in [-0.4, -0.2) is 11.6 Å². The van der Waals surface area contributed by atoms with Gasteiger partial charge in [-0.05, 0) is 31.2 Å². The molecule has 0 saturated heterocycles. The molecule has 1 aromatic carbocycles. The highest BCUT2D eigenvalue weighted by molar-refractivity contribution is 5.63. The van der Waals surface area contributed by atoms with Gasteiger partial charge in [0.2, 0.25) is 0 Å². The van der Waals surface area contributed by atoms with Crippen molar-refractivity contribution in [2.75, 3.05) is 11.9 Å². The molecule has 0 spiro atoms. The predicted molar refractivity (Wildman–Crippen MR) is 69.8 cm³/mol. The predicted octanol–water partition coefficient (Wildman–Crippen LogP) is 3.23. The molecule has 2 rings (SSSR count). The van der Waals surface area contributed by atoms with Crippen LogP contribution in [0.15, 0.2) is 36.5 Å². The van der Waals surface area contributed by atoms with Crippen LogP contribution in [0.4, 0.5) is 15.9 Å². The van der Waals surface area contributed by atoms with Crippen LogP contribution in [0.5, 0.6) is 5.75 Å². The fraction of sp³-hybridized carbons (Fsp3) is 0.143. The largest absolute Gasteiger partial charge is 0.491 e. The quantitative estimate of drug-likeness (QED) is 0.913. The number of benzene rings is 1. The third-order valence-electron chi connectivity index (χ3n) is 2.42. The van der Waals surface area contributed by atoms with Gasteiger partial charge in [-0.3, -0.25) is 0 Å². The molecule has 0 atom stereocenters.